The lowest BCUT2D eigenvalue weighted by atomic mass is 10.2. The van der Waals surface area contributed by atoms with Crippen molar-refractivity contribution in [2.75, 3.05) is 26.4 Å². The van der Waals surface area contributed by atoms with Gasteiger partial charge < -0.3 is 5.11 Å². The molecule has 6 heteroatoms. The minimum absolute atomic E-state index is 0.229. The van der Waals surface area contributed by atoms with E-state index in [0.29, 0.717) is 5.75 Å². The Hall–Kier alpha value is -0.750. The first-order chi connectivity index (χ1) is 6.40. The maximum absolute atomic E-state index is 11.6. The number of thiol groups is 1. The standard InChI is InChI=1S/C8H16N2O3S/c1-6(5-14)8(13)10(9(2)3)4-7(11)12/h6,14H,4-5H2,1-3H3,(H,11,12). The zero-order valence-corrected chi connectivity index (χ0v) is 9.49. The van der Waals surface area contributed by atoms with Gasteiger partial charge in [0.15, 0.2) is 0 Å². The third kappa shape index (κ3) is 3.97. The van der Waals surface area contributed by atoms with E-state index >= 15 is 0 Å². The fourth-order valence-electron chi connectivity index (χ4n) is 0.877. The number of hydrogen-bond acceptors (Lipinski definition) is 4. The van der Waals surface area contributed by atoms with Crippen molar-refractivity contribution in [3.05, 3.63) is 0 Å². The van der Waals surface area contributed by atoms with E-state index in [2.05, 4.69) is 12.6 Å². The van der Waals surface area contributed by atoms with E-state index in [1.807, 2.05) is 0 Å². The molecule has 0 rings (SSSR count). The number of carboxylic acids is 1. The van der Waals surface area contributed by atoms with Crippen LogP contribution in [0.5, 0.6) is 0 Å². The Bertz CT molecular complexity index is 221. The molecule has 0 fully saturated rings. The van der Waals surface area contributed by atoms with Crippen LogP contribution in [0.1, 0.15) is 6.92 Å². The van der Waals surface area contributed by atoms with Gasteiger partial charge in [0.25, 0.3) is 0 Å². The molecular weight excluding hydrogens is 204 g/mol. The van der Waals surface area contributed by atoms with Crippen molar-refractivity contribution in [2.24, 2.45) is 5.92 Å². The third-order valence-electron chi connectivity index (χ3n) is 1.72. The molecule has 0 aromatic rings. The van der Waals surface area contributed by atoms with E-state index in [4.69, 9.17) is 5.11 Å². The van der Waals surface area contributed by atoms with Crippen LogP contribution in [0.4, 0.5) is 0 Å². The fraction of sp³-hybridized carbons (Fsp3) is 0.750. The predicted octanol–water partition coefficient (Wildman–Crippen LogP) is -0.0579. The summed E-state index contributed by atoms with van der Waals surface area (Å²) in [5.41, 5.74) is 0. The average molecular weight is 220 g/mol. The highest BCUT2D eigenvalue weighted by Gasteiger charge is 2.23. The molecule has 0 spiro atoms. The van der Waals surface area contributed by atoms with Gasteiger partial charge in [0.05, 0.1) is 0 Å². The third-order valence-corrected chi connectivity index (χ3v) is 2.27. The van der Waals surface area contributed by atoms with Crippen LogP contribution in [0.2, 0.25) is 0 Å². The van der Waals surface area contributed by atoms with Gasteiger partial charge in [-0.15, -0.1) is 0 Å². The second-order valence-corrected chi connectivity index (χ2v) is 3.59. The molecule has 0 aliphatic rings. The Morgan fingerprint density at radius 1 is 1.43 bits per heavy atom. The van der Waals surface area contributed by atoms with Gasteiger partial charge in [-0.25, -0.2) is 5.01 Å². The number of nitrogens with zero attached hydrogens (tertiary/aromatic N) is 2. The maximum Gasteiger partial charge on any atom is 0.324 e. The van der Waals surface area contributed by atoms with E-state index in [0.717, 1.165) is 0 Å². The van der Waals surface area contributed by atoms with Crippen molar-refractivity contribution in [2.45, 2.75) is 6.92 Å². The van der Waals surface area contributed by atoms with Crippen LogP contribution in [0.3, 0.4) is 0 Å². The van der Waals surface area contributed by atoms with Gasteiger partial charge >= 0.3 is 5.97 Å². The van der Waals surface area contributed by atoms with Crippen LogP contribution in [0, 0.1) is 5.92 Å². The quantitative estimate of drug-likeness (QED) is 0.503. The molecule has 0 bridgehead atoms. The molecule has 0 aromatic carbocycles. The van der Waals surface area contributed by atoms with Crippen molar-refractivity contribution in [1.29, 1.82) is 0 Å². The molecule has 0 radical (unpaired) electrons. The second kappa shape index (κ2) is 5.87. The maximum atomic E-state index is 11.6. The van der Waals surface area contributed by atoms with E-state index in [1.54, 1.807) is 21.0 Å². The summed E-state index contributed by atoms with van der Waals surface area (Å²) < 4.78 is 0. The molecule has 1 unspecified atom stereocenters. The van der Waals surface area contributed by atoms with Gasteiger partial charge in [0, 0.05) is 25.8 Å². The largest absolute Gasteiger partial charge is 0.480 e. The van der Waals surface area contributed by atoms with Crippen LogP contribution >= 0.6 is 12.6 Å². The van der Waals surface area contributed by atoms with E-state index in [9.17, 15) is 9.59 Å². The molecule has 14 heavy (non-hydrogen) atoms. The highest BCUT2D eigenvalue weighted by Crippen LogP contribution is 2.05. The van der Waals surface area contributed by atoms with Crippen molar-refractivity contribution in [3.63, 3.8) is 0 Å². The molecule has 0 aliphatic heterocycles. The van der Waals surface area contributed by atoms with Gasteiger partial charge in [-0.05, 0) is 0 Å². The number of aliphatic carboxylic acids is 1. The number of rotatable bonds is 5. The topological polar surface area (TPSA) is 60.9 Å². The first kappa shape index (κ1) is 13.2. The summed E-state index contributed by atoms with van der Waals surface area (Å²) in [4.78, 5) is 22.1. The second-order valence-electron chi connectivity index (χ2n) is 3.22. The van der Waals surface area contributed by atoms with Crippen molar-refractivity contribution in [1.82, 2.24) is 10.0 Å². The summed E-state index contributed by atoms with van der Waals surface area (Å²) in [6.45, 7) is 1.40. The molecule has 5 nitrogen and oxygen atoms in total. The van der Waals surface area contributed by atoms with Gasteiger partial charge in [-0.1, -0.05) is 6.92 Å². The smallest absolute Gasteiger partial charge is 0.324 e. The van der Waals surface area contributed by atoms with Crippen LogP contribution < -0.4 is 0 Å². The zero-order valence-electron chi connectivity index (χ0n) is 8.60. The summed E-state index contributed by atoms with van der Waals surface area (Å²) in [7, 11) is 3.26. The Balaban J connectivity index is 4.49. The van der Waals surface area contributed by atoms with Crippen LogP contribution in [-0.2, 0) is 9.59 Å². The molecule has 0 aliphatic carbocycles. The van der Waals surface area contributed by atoms with Crippen molar-refractivity contribution >= 4 is 24.5 Å². The van der Waals surface area contributed by atoms with Gasteiger partial charge in [0.2, 0.25) is 5.91 Å². The molecule has 82 valence electrons. The van der Waals surface area contributed by atoms with Crippen molar-refractivity contribution in [3.8, 4) is 0 Å². The molecular formula is C8H16N2O3S. The normalized spacial score (nSPS) is 12.6. The molecule has 0 aromatic heterocycles. The number of carboxylic acid groups (broad SMARTS) is 1. The lowest BCUT2D eigenvalue weighted by Gasteiger charge is -2.29. The summed E-state index contributed by atoms with van der Waals surface area (Å²) >= 11 is 4.00. The van der Waals surface area contributed by atoms with Crippen molar-refractivity contribution < 1.29 is 14.7 Å². The lowest BCUT2D eigenvalue weighted by Crippen LogP contribution is -2.47. The Labute approximate surface area is 89.1 Å². The molecule has 1 N–H and O–H groups in total. The van der Waals surface area contributed by atoms with Crippen LogP contribution in [-0.4, -0.2) is 53.4 Å². The Morgan fingerprint density at radius 3 is 2.21 bits per heavy atom. The number of carbonyl (C=O) groups excluding carboxylic acids is 1. The van der Waals surface area contributed by atoms with Gasteiger partial charge in [0.1, 0.15) is 6.54 Å². The number of amides is 1. The van der Waals surface area contributed by atoms with Gasteiger partial charge in [-0.2, -0.15) is 12.6 Å². The summed E-state index contributed by atoms with van der Waals surface area (Å²) in [6, 6.07) is 0. The number of hydrogen-bond donors (Lipinski definition) is 2. The van der Waals surface area contributed by atoms with E-state index in [1.165, 1.54) is 10.0 Å². The Morgan fingerprint density at radius 2 is 1.93 bits per heavy atom. The summed E-state index contributed by atoms with van der Waals surface area (Å²) in [5.74, 6) is -1.13. The molecule has 0 saturated heterocycles. The van der Waals surface area contributed by atoms with Crippen LogP contribution in [0.15, 0.2) is 0 Å². The zero-order chi connectivity index (χ0) is 11.3. The molecule has 1 amide bonds. The summed E-state index contributed by atoms with van der Waals surface area (Å²) in [5, 5.41) is 11.2. The average Bonchev–Trinajstić information content (AvgIpc) is 2.11. The molecule has 1 atom stereocenters. The predicted molar refractivity (Wildman–Crippen MR) is 56.1 cm³/mol. The first-order valence-corrected chi connectivity index (χ1v) is 4.84. The highest BCUT2D eigenvalue weighted by molar-refractivity contribution is 7.80. The minimum Gasteiger partial charge on any atom is -0.480 e. The summed E-state index contributed by atoms with van der Waals surface area (Å²) in [6.07, 6.45) is 0. The highest BCUT2D eigenvalue weighted by atomic mass is 32.1. The monoisotopic (exact) mass is 220 g/mol. The Kier molecular flexibility index (Phi) is 5.56. The lowest BCUT2D eigenvalue weighted by molar-refractivity contribution is -0.157. The van der Waals surface area contributed by atoms with E-state index in [-0.39, 0.29) is 18.4 Å². The van der Waals surface area contributed by atoms with Crippen LogP contribution in [0.25, 0.3) is 0 Å². The number of carbonyl (C=O) groups is 2. The fourth-order valence-corrected chi connectivity index (χ4v) is 1.03. The number of hydrazine groups is 1. The first-order valence-electron chi connectivity index (χ1n) is 4.21. The van der Waals surface area contributed by atoms with Gasteiger partial charge in [-0.3, -0.25) is 14.6 Å². The minimum atomic E-state index is -1.03. The SMILES string of the molecule is CC(CS)C(=O)N(CC(=O)O)N(C)C. The molecule has 0 saturated carbocycles. The van der Waals surface area contributed by atoms with E-state index < -0.39 is 5.97 Å². The molecule has 0 heterocycles.